The second-order valence-electron chi connectivity index (χ2n) is 8.44. The molecule has 0 spiro atoms. The van der Waals surface area contributed by atoms with E-state index >= 15 is 0 Å². The fourth-order valence-corrected chi connectivity index (χ4v) is 4.23. The first-order valence-corrected chi connectivity index (χ1v) is 11.6. The standard InChI is InChI=1S/C21H40N6O4/c1-4-16(26-20(29)18-10-17(13-23-18)31-5-2)12-25-27-21(30)24-11-14-6-8-15(9-7-14)19(28)22-3/h14-18,23,25H,4-13H2,1-3H3,(H,22,28)(H,26,29)(H2,24,27,30)/t14?,15?,16-,17+,18-/m0/s1. The third-order valence-corrected chi connectivity index (χ3v) is 6.21. The van der Waals surface area contributed by atoms with Crippen molar-refractivity contribution in [1.82, 2.24) is 32.1 Å². The molecular weight excluding hydrogens is 400 g/mol. The number of nitrogens with one attached hydrogen (secondary N) is 6. The predicted octanol–water partition coefficient (Wildman–Crippen LogP) is 0.00440. The normalized spacial score (nSPS) is 26.7. The Balaban J connectivity index is 1.58. The van der Waals surface area contributed by atoms with E-state index in [-0.39, 0.29) is 42.0 Å². The highest BCUT2D eigenvalue weighted by Crippen LogP contribution is 2.28. The molecule has 31 heavy (non-hydrogen) atoms. The highest BCUT2D eigenvalue weighted by atomic mass is 16.5. The minimum absolute atomic E-state index is 0.0346. The van der Waals surface area contributed by atoms with Gasteiger partial charge in [0.05, 0.1) is 12.1 Å². The van der Waals surface area contributed by atoms with E-state index in [1.807, 2.05) is 13.8 Å². The lowest BCUT2D eigenvalue weighted by Crippen LogP contribution is -2.53. The highest BCUT2D eigenvalue weighted by molar-refractivity contribution is 5.82. The summed E-state index contributed by atoms with van der Waals surface area (Å²) in [6.07, 6.45) is 5.12. The van der Waals surface area contributed by atoms with Gasteiger partial charge in [0.1, 0.15) is 0 Å². The molecule has 0 aromatic carbocycles. The van der Waals surface area contributed by atoms with Crippen LogP contribution in [-0.4, -0.2) is 69.3 Å². The molecule has 0 unspecified atom stereocenters. The molecule has 0 bridgehead atoms. The van der Waals surface area contributed by atoms with Gasteiger partial charge in [-0.05, 0) is 51.4 Å². The minimum atomic E-state index is -0.286. The lowest BCUT2D eigenvalue weighted by molar-refractivity contribution is -0.125. The number of carbonyl (C=O) groups excluding carboxylic acids is 3. The quantitative estimate of drug-likeness (QED) is 0.251. The number of rotatable bonds is 11. The number of urea groups is 1. The summed E-state index contributed by atoms with van der Waals surface area (Å²) in [5.74, 6) is 0.576. The van der Waals surface area contributed by atoms with Crippen LogP contribution in [0.4, 0.5) is 4.79 Å². The summed E-state index contributed by atoms with van der Waals surface area (Å²) in [5, 5.41) is 11.8. The van der Waals surface area contributed by atoms with Crippen molar-refractivity contribution in [2.24, 2.45) is 11.8 Å². The lowest BCUT2D eigenvalue weighted by Gasteiger charge is -2.27. The Morgan fingerprint density at radius 2 is 1.84 bits per heavy atom. The molecule has 2 aliphatic rings. The van der Waals surface area contributed by atoms with Crippen LogP contribution in [0, 0.1) is 11.8 Å². The van der Waals surface area contributed by atoms with Crippen molar-refractivity contribution < 1.29 is 19.1 Å². The summed E-state index contributed by atoms with van der Waals surface area (Å²) < 4.78 is 5.57. The average molecular weight is 441 g/mol. The van der Waals surface area contributed by atoms with Crippen molar-refractivity contribution in [2.45, 2.75) is 70.6 Å². The second-order valence-corrected chi connectivity index (χ2v) is 8.44. The van der Waals surface area contributed by atoms with E-state index in [1.54, 1.807) is 7.05 Å². The Hall–Kier alpha value is -1.91. The molecule has 2 fully saturated rings. The van der Waals surface area contributed by atoms with Crippen LogP contribution in [-0.2, 0) is 14.3 Å². The summed E-state index contributed by atoms with van der Waals surface area (Å²) in [5.41, 5.74) is 5.54. The maximum absolute atomic E-state index is 12.4. The molecule has 2 rings (SSSR count). The summed E-state index contributed by atoms with van der Waals surface area (Å²) in [4.78, 5) is 36.2. The Labute approximate surface area is 185 Å². The molecule has 1 saturated carbocycles. The Morgan fingerprint density at radius 3 is 2.48 bits per heavy atom. The van der Waals surface area contributed by atoms with E-state index in [0.29, 0.717) is 38.6 Å². The van der Waals surface area contributed by atoms with Crippen LogP contribution in [0.5, 0.6) is 0 Å². The monoisotopic (exact) mass is 440 g/mol. The Kier molecular flexibility index (Phi) is 11.0. The largest absolute Gasteiger partial charge is 0.377 e. The van der Waals surface area contributed by atoms with Crippen LogP contribution in [0.15, 0.2) is 0 Å². The number of hydrogen-bond donors (Lipinski definition) is 6. The van der Waals surface area contributed by atoms with Gasteiger partial charge >= 0.3 is 6.03 Å². The first-order chi connectivity index (χ1) is 15.0. The summed E-state index contributed by atoms with van der Waals surface area (Å²) in [6.45, 7) is 6.31. The zero-order valence-corrected chi connectivity index (χ0v) is 19.1. The van der Waals surface area contributed by atoms with Gasteiger partial charge in [0.25, 0.3) is 0 Å². The SMILES string of the molecule is CCO[C@H]1CN[C@H](C(=O)N[C@@H](CC)CNNC(=O)NCC2CCC(C(=O)NC)CC2)C1. The van der Waals surface area contributed by atoms with Crippen LogP contribution in [0.3, 0.4) is 0 Å². The summed E-state index contributed by atoms with van der Waals surface area (Å²) in [7, 11) is 1.67. The fourth-order valence-electron chi connectivity index (χ4n) is 4.23. The number of hydrazine groups is 1. The first-order valence-electron chi connectivity index (χ1n) is 11.6. The number of hydrogen-bond acceptors (Lipinski definition) is 6. The van der Waals surface area contributed by atoms with Crippen molar-refractivity contribution in [1.29, 1.82) is 0 Å². The van der Waals surface area contributed by atoms with E-state index < -0.39 is 0 Å². The van der Waals surface area contributed by atoms with Crippen LogP contribution < -0.4 is 32.1 Å². The maximum Gasteiger partial charge on any atom is 0.329 e. The zero-order chi connectivity index (χ0) is 22.6. The number of carbonyl (C=O) groups is 3. The van der Waals surface area contributed by atoms with Crippen molar-refractivity contribution in [3.63, 3.8) is 0 Å². The molecule has 0 aromatic rings. The van der Waals surface area contributed by atoms with Crippen molar-refractivity contribution in [2.75, 3.05) is 33.3 Å². The molecule has 0 radical (unpaired) electrons. The molecule has 10 heteroatoms. The predicted molar refractivity (Wildman–Crippen MR) is 118 cm³/mol. The Morgan fingerprint density at radius 1 is 1.10 bits per heavy atom. The van der Waals surface area contributed by atoms with Crippen molar-refractivity contribution in [3.8, 4) is 0 Å². The van der Waals surface area contributed by atoms with Gasteiger partial charge in [-0.15, -0.1) is 0 Å². The molecule has 3 atom stereocenters. The van der Waals surface area contributed by atoms with Gasteiger partial charge in [-0.25, -0.2) is 10.2 Å². The Bertz CT molecular complexity index is 582. The minimum Gasteiger partial charge on any atom is -0.377 e. The van der Waals surface area contributed by atoms with Crippen molar-refractivity contribution in [3.05, 3.63) is 0 Å². The van der Waals surface area contributed by atoms with Crippen LogP contribution >= 0.6 is 0 Å². The first kappa shape index (κ1) is 25.4. The van der Waals surface area contributed by atoms with Gasteiger partial charge in [-0.3, -0.25) is 15.0 Å². The fraction of sp³-hybridized carbons (Fsp3) is 0.857. The summed E-state index contributed by atoms with van der Waals surface area (Å²) >= 11 is 0. The molecular formula is C21H40N6O4. The average Bonchev–Trinajstić information content (AvgIpc) is 3.25. The van der Waals surface area contributed by atoms with Gasteiger partial charge in [0.15, 0.2) is 0 Å². The van der Waals surface area contributed by atoms with E-state index in [4.69, 9.17) is 4.74 Å². The van der Waals surface area contributed by atoms with Crippen LogP contribution in [0.2, 0.25) is 0 Å². The van der Waals surface area contributed by atoms with E-state index in [2.05, 4.69) is 32.1 Å². The van der Waals surface area contributed by atoms with E-state index in [1.165, 1.54) is 0 Å². The molecule has 1 heterocycles. The molecule has 6 N–H and O–H groups in total. The number of ether oxygens (including phenoxy) is 1. The van der Waals surface area contributed by atoms with E-state index in [9.17, 15) is 14.4 Å². The van der Waals surface area contributed by atoms with Gasteiger partial charge in [-0.1, -0.05) is 6.92 Å². The molecule has 1 saturated heterocycles. The topological polar surface area (TPSA) is 133 Å². The van der Waals surface area contributed by atoms with Crippen LogP contribution in [0.25, 0.3) is 0 Å². The van der Waals surface area contributed by atoms with Gasteiger partial charge in [-0.2, -0.15) is 0 Å². The molecule has 10 nitrogen and oxygen atoms in total. The van der Waals surface area contributed by atoms with Crippen LogP contribution in [0.1, 0.15) is 52.4 Å². The van der Waals surface area contributed by atoms with Crippen molar-refractivity contribution >= 4 is 17.8 Å². The van der Waals surface area contributed by atoms with E-state index in [0.717, 1.165) is 32.1 Å². The summed E-state index contributed by atoms with van der Waals surface area (Å²) in [6, 6.07) is -0.604. The lowest BCUT2D eigenvalue weighted by atomic mass is 9.81. The third-order valence-electron chi connectivity index (χ3n) is 6.21. The molecule has 1 aliphatic carbocycles. The third kappa shape index (κ3) is 8.62. The van der Waals surface area contributed by atoms with Gasteiger partial charge in [0, 0.05) is 45.2 Å². The molecule has 178 valence electrons. The molecule has 4 amide bonds. The van der Waals surface area contributed by atoms with Gasteiger partial charge < -0.3 is 26.0 Å². The smallest absolute Gasteiger partial charge is 0.329 e. The van der Waals surface area contributed by atoms with Gasteiger partial charge in [0.2, 0.25) is 11.8 Å². The zero-order valence-electron chi connectivity index (χ0n) is 19.1. The highest BCUT2D eigenvalue weighted by Gasteiger charge is 2.30. The molecule has 0 aromatic heterocycles. The number of amides is 4. The maximum atomic E-state index is 12.4. The molecule has 1 aliphatic heterocycles. The second kappa shape index (κ2) is 13.5.